The third-order valence-electron chi connectivity index (χ3n) is 5.65. The maximum atomic E-state index is 14.2. The lowest BCUT2D eigenvalue weighted by Crippen LogP contribution is -2.45. The van der Waals surface area contributed by atoms with Crippen LogP contribution >= 0.6 is 11.6 Å². The monoisotopic (exact) mass is 454 g/mol. The first kappa shape index (κ1) is 22.2. The van der Waals surface area contributed by atoms with E-state index in [1.807, 2.05) is 24.3 Å². The average Bonchev–Trinajstić information content (AvgIpc) is 2.77. The summed E-state index contributed by atoms with van der Waals surface area (Å²) in [6, 6.07) is 15.2. The van der Waals surface area contributed by atoms with E-state index >= 15 is 0 Å². The molecule has 2 heterocycles. The number of aromatic nitrogens is 2. The van der Waals surface area contributed by atoms with Gasteiger partial charge in [0.05, 0.1) is 0 Å². The van der Waals surface area contributed by atoms with Crippen LogP contribution in [0.1, 0.15) is 34.6 Å². The topological polar surface area (TPSA) is 67.2 Å². The zero-order chi connectivity index (χ0) is 22.7. The van der Waals surface area contributed by atoms with Gasteiger partial charge in [-0.2, -0.15) is 5.10 Å². The molecule has 166 valence electrons. The number of piperidine rings is 1. The Morgan fingerprint density at radius 2 is 1.84 bits per heavy atom. The van der Waals surface area contributed by atoms with Crippen molar-refractivity contribution in [1.29, 1.82) is 0 Å². The third-order valence-corrected chi connectivity index (χ3v) is 5.90. The molecule has 1 aliphatic heterocycles. The Kier molecular flexibility index (Phi) is 6.67. The van der Waals surface area contributed by atoms with Gasteiger partial charge in [-0.15, -0.1) is 0 Å². The maximum Gasteiger partial charge on any atom is 0.276 e. The van der Waals surface area contributed by atoms with Gasteiger partial charge in [0.2, 0.25) is 5.43 Å². The molecule has 0 radical (unpaired) electrons. The Morgan fingerprint density at radius 3 is 2.53 bits per heavy atom. The molecule has 1 aliphatic rings. The number of hydrogen-bond acceptors (Lipinski definition) is 4. The number of benzene rings is 2. The summed E-state index contributed by atoms with van der Waals surface area (Å²) >= 11 is 5.94. The van der Waals surface area contributed by atoms with Crippen molar-refractivity contribution in [2.24, 2.45) is 0 Å². The lowest BCUT2D eigenvalue weighted by atomic mass is 10.0. The van der Waals surface area contributed by atoms with Crippen LogP contribution in [0.3, 0.4) is 0 Å². The molecule has 0 bridgehead atoms. The van der Waals surface area contributed by atoms with Gasteiger partial charge in [0.15, 0.2) is 5.69 Å². The van der Waals surface area contributed by atoms with Gasteiger partial charge in [-0.1, -0.05) is 35.9 Å². The molecule has 8 heteroatoms. The highest BCUT2D eigenvalue weighted by molar-refractivity contribution is 6.30. The molecule has 0 aliphatic carbocycles. The van der Waals surface area contributed by atoms with Crippen LogP contribution in [0.2, 0.25) is 5.02 Å². The molecule has 0 atom stereocenters. The summed E-state index contributed by atoms with van der Waals surface area (Å²) < 4.78 is 15.5. The molecule has 0 spiro atoms. The Hall–Kier alpha value is -3.03. The van der Waals surface area contributed by atoms with Crippen LogP contribution in [-0.4, -0.2) is 39.7 Å². The minimum Gasteiger partial charge on any atom is -0.348 e. The van der Waals surface area contributed by atoms with Crippen LogP contribution in [-0.2, 0) is 6.54 Å². The Bertz CT molecular complexity index is 1170. The number of amides is 1. The van der Waals surface area contributed by atoms with Crippen LogP contribution < -0.4 is 10.7 Å². The van der Waals surface area contributed by atoms with Crippen molar-refractivity contribution in [2.45, 2.75) is 32.4 Å². The van der Waals surface area contributed by atoms with Crippen LogP contribution in [0.25, 0.3) is 5.69 Å². The lowest BCUT2D eigenvalue weighted by molar-refractivity contribution is 0.0901. The first-order chi connectivity index (χ1) is 15.4. The van der Waals surface area contributed by atoms with Crippen LogP contribution in [0.5, 0.6) is 0 Å². The fourth-order valence-corrected chi connectivity index (χ4v) is 4.04. The standard InChI is InChI=1S/C24H24ClFN4O2/c1-16-14-22(31)23(28-30(16)21-5-3-2-4-20(21)26)24(32)27-19-10-12-29(13-11-19)15-17-6-8-18(25)9-7-17/h2-9,14,19H,10-13,15H2,1H3,(H,27,32). The zero-order valence-electron chi connectivity index (χ0n) is 17.7. The fourth-order valence-electron chi connectivity index (χ4n) is 3.91. The second-order valence-corrected chi connectivity index (χ2v) is 8.45. The summed E-state index contributed by atoms with van der Waals surface area (Å²) in [7, 11) is 0. The Balaban J connectivity index is 1.41. The van der Waals surface area contributed by atoms with Crippen molar-refractivity contribution in [3.05, 3.63) is 92.6 Å². The largest absolute Gasteiger partial charge is 0.348 e. The van der Waals surface area contributed by atoms with E-state index in [0.29, 0.717) is 10.7 Å². The minimum absolute atomic E-state index is 0.0478. The summed E-state index contributed by atoms with van der Waals surface area (Å²) in [6.45, 7) is 4.13. The van der Waals surface area contributed by atoms with E-state index in [1.54, 1.807) is 25.1 Å². The summed E-state index contributed by atoms with van der Waals surface area (Å²) in [5.74, 6) is -1.01. The lowest BCUT2D eigenvalue weighted by Gasteiger charge is -2.32. The Labute approximate surface area is 190 Å². The van der Waals surface area contributed by atoms with Crippen LogP contribution in [0.4, 0.5) is 4.39 Å². The molecule has 6 nitrogen and oxygen atoms in total. The van der Waals surface area contributed by atoms with Gasteiger partial charge in [-0.3, -0.25) is 14.5 Å². The highest BCUT2D eigenvalue weighted by atomic mass is 35.5. The quantitative estimate of drug-likeness (QED) is 0.638. The van der Waals surface area contributed by atoms with Gasteiger partial charge < -0.3 is 5.32 Å². The summed E-state index contributed by atoms with van der Waals surface area (Å²) in [5.41, 5.74) is 1.12. The summed E-state index contributed by atoms with van der Waals surface area (Å²) in [5, 5.41) is 7.82. The summed E-state index contributed by atoms with van der Waals surface area (Å²) in [6.07, 6.45) is 1.54. The number of rotatable bonds is 5. The molecule has 1 N–H and O–H groups in total. The number of halogens is 2. The van der Waals surface area contributed by atoms with Crippen molar-refractivity contribution in [2.75, 3.05) is 13.1 Å². The molecule has 0 saturated carbocycles. The number of likely N-dealkylation sites (tertiary alicyclic amines) is 1. The van der Waals surface area contributed by atoms with E-state index in [0.717, 1.165) is 32.5 Å². The van der Waals surface area contributed by atoms with Gasteiger partial charge in [-0.05, 0) is 49.6 Å². The highest BCUT2D eigenvalue weighted by Gasteiger charge is 2.24. The second-order valence-electron chi connectivity index (χ2n) is 8.01. The molecule has 1 amide bonds. The number of aryl methyl sites for hydroxylation is 1. The van der Waals surface area contributed by atoms with Crippen molar-refractivity contribution in [1.82, 2.24) is 20.0 Å². The van der Waals surface area contributed by atoms with Gasteiger partial charge in [0, 0.05) is 42.5 Å². The van der Waals surface area contributed by atoms with E-state index in [9.17, 15) is 14.0 Å². The third kappa shape index (κ3) is 5.06. The average molecular weight is 455 g/mol. The Morgan fingerprint density at radius 1 is 1.16 bits per heavy atom. The summed E-state index contributed by atoms with van der Waals surface area (Å²) in [4.78, 5) is 27.6. The molecule has 0 unspecified atom stereocenters. The van der Waals surface area contributed by atoms with Crippen molar-refractivity contribution >= 4 is 17.5 Å². The maximum absolute atomic E-state index is 14.2. The number of para-hydroxylation sites is 1. The van der Waals surface area contributed by atoms with Gasteiger partial charge in [0.25, 0.3) is 5.91 Å². The SMILES string of the molecule is Cc1cc(=O)c(C(=O)NC2CCN(Cc3ccc(Cl)cc3)CC2)nn1-c1ccccc1F. The van der Waals surface area contributed by atoms with Gasteiger partial charge >= 0.3 is 0 Å². The second kappa shape index (κ2) is 9.63. The van der Waals surface area contributed by atoms with Crippen molar-refractivity contribution in [3.63, 3.8) is 0 Å². The molecule has 1 fully saturated rings. The molecular weight excluding hydrogens is 431 g/mol. The van der Waals surface area contributed by atoms with Crippen LogP contribution in [0, 0.1) is 12.7 Å². The predicted molar refractivity (Wildman–Crippen MR) is 122 cm³/mol. The molecular formula is C24H24ClFN4O2. The number of nitrogens with zero attached hydrogens (tertiary/aromatic N) is 3. The first-order valence-corrected chi connectivity index (χ1v) is 10.9. The van der Waals surface area contributed by atoms with Gasteiger partial charge in [0.1, 0.15) is 11.5 Å². The van der Waals surface area contributed by atoms with E-state index in [-0.39, 0.29) is 17.4 Å². The number of nitrogens with one attached hydrogen (secondary N) is 1. The van der Waals surface area contributed by atoms with E-state index in [1.165, 1.54) is 22.4 Å². The first-order valence-electron chi connectivity index (χ1n) is 10.5. The van der Waals surface area contributed by atoms with Gasteiger partial charge in [-0.25, -0.2) is 9.07 Å². The van der Waals surface area contributed by atoms with E-state index < -0.39 is 17.2 Å². The molecule has 32 heavy (non-hydrogen) atoms. The molecule has 4 rings (SSSR count). The number of carbonyl (C=O) groups excluding carboxylic acids is 1. The fraction of sp³-hybridized carbons (Fsp3) is 0.292. The minimum atomic E-state index is -0.531. The number of hydrogen-bond donors (Lipinski definition) is 1. The molecule has 3 aromatic rings. The van der Waals surface area contributed by atoms with E-state index in [2.05, 4.69) is 15.3 Å². The highest BCUT2D eigenvalue weighted by Crippen LogP contribution is 2.17. The molecule has 1 aromatic heterocycles. The molecule has 1 saturated heterocycles. The number of carbonyl (C=O) groups is 1. The van der Waals surface area contributed by atoms with E-state index in [4.69, 9.17) is 11.6 Å². The van der Waals surface area contributed by atoms with Crippen molar-refractivity contribution in [3.8, 4) is 5.69 Å². The normalized spacial score (nSPS) is 15.0. The van der Waals surface area contributed by atoms with Crippen LogP contribution in [0.15, 0.2) is 59.4 Å². The molecule has 2 aromatic carbocycles. The smallest absolute Gasteiger partial charge is 0.276 e. The van der Waals surface area contributed by atoms with Crippen molar-refractivity contribution < 1.29 is 9.18 Å². The zero-order valence-corrected chi connectivity index (χ0v) is 18.5. The predicted octanol–water partition coefficient (Wildman–Crippen LogP) is 3.73.